The first-order valence-electron chi connectivity index (χ1n) is 12.1. The molecule has 2 aromatic carbocycles. The van der Waals surface area contributed by atoms with Gasteiger partial charge in [0.25, 0.3) is 5.91 Å². The van der Waals surface area contributed by atoms with Gasteiger partial charge in [-0.2, -0.15) is 0 Å². The minimum Gasteiger partial charge on any atom is -0.381 e. The summed E-state index contributed by atoms with van der Waals surface area (Å²) in [4.78, 5) is 23.7. The average Bonchev–Trinajstić information content (AvgIpc) is 3.30. The van der Waals surface area contributed by atoms with E-state index in [0.29, 0.717) is 40.5 Å². The Labute approximate surface area is 224 Å². The SMILES string of the molecule is C=C(NCc1cc2c(Cl)c[nH]c2cc1F)c1ccnc(Cc2ccc(CNC(=O)c3ccccn3)cc2)c1. The van der Waals surface area contributed by atoms with E-state index >= 15 is 0 Å². The maximum absolute atomic E-state index is 14.5. The van der Waals surface area contributed by atoms with Gasteiger partial charge >= 0.3 is 0 Å². The fourth-order valence-electron chi connectivity index (χ4n) is 4.11. The fraction of sp³-hybridized carbons (Fsp3) is 0.100. The second kappa shape index (κ2) is 11.3. The summed E-state index contributed by atoms with van der Waals surface area (Å²) >= 11 is 6.18. The van der Waals surface area contributed by atoms with Crippen molar-refractivity contribution in [2.24, 2.45) is 0 Å². The van der Waals surface area contributed by atoms with E-state index in [2.05, 4.69) is 32.2 Å². The van der Waals surface area contributed by atoms with Crippen LogP contribution in [0.5, 0.6) is 0 Å². The lowest BCUT2D eigenvalue weighted by Crippen LogP contribution is -2.23. The minimum absolute atomic E-state index is 0.207. The van der Waals surface area contributed by atoms with Gasteiger partial charge in [-0.15, -0.1) is 0 Å². The van der Waals surface area contributed by atoms with Gasteiger partial charge in [0, 0.05) is 71.5 Å². The van der Waals surface area contributed by atoms with Crippen molar-refractivity contribution in [1.29, 1.82) is 0 Å². The number of benzene rings is 2. The lowest BCUT2D eigenvalue weighted by Gasteiger charge is -2.12. The van der Waals surface area contributed by atoms with Crippen LogP contribution in [-0.2, 0) is 19.5 Å². The second-order valence-electron chi connectivity index (χ2n) is 8.88. The van der Waals surface area contributed by atoms with E-state index in [1.54, 1.807) is 42.9 Å². The molecule has 0 saturated heterocycles. The molecule has 0 fully saturated rings. The molecular weight excluding hydrogens is 501 g/mol. The number of nitrogens with zero attached hydrogens (tertiary/aromatic N) is 2. The van der Waals surface area contributed by atoms with Gasteiger partial charge in [-0.3, -0.25) is 14.8 Å². The molecule has 0 aliphatic carbocycles. The van der Waals surface area contributed by atoms with Crippen LogP contribution in [0.2, 0.25) is 5.02 Å². The first kappa shape index (κ1) is 25.2. The van der Waals surface area contributed by atoms with Crippen molar-refractivity contribution in [1.82, 2.24) is 25.6 Å². The summed E-state index contributed by atoms with van der Waals surface area (Å²) in [7, 11) is 0. The molecule has 0 aliphatic heterocycles. The molecular formula is C30H25ClFN5O. The predicted molar refractivity (Wildman–Crippen MR) is 148 cm³/mol. The third-order valence-corrected chi connectivity index (χ3v) is 6.53. The summed E-state index contributed by atoms with van der Waals surface area (Å²) < 4.78 is 14.5. The van der Waals surface area contributed by atoms with Crippen molar-refractivity contribution in [3.05, 3.63) is 136 Å². The van der Waals surface area contributed by atoms with Gasteiger partial charge in [0.05, 0.1) is 5.02 Å². The van der Waals surface area contributed by atoms with Crippen molar-refractivity contribution >= 4 is 34.1 Å². The Morgan fingerprint density at radius 1 is 0.947 bits per heavy atom. The highest BCUT2D eigenvalue weighted by molar-refractivity contribution is 6.35. The quantitative estimate of drug-likeness (QED) is 0.219. The van der Waals surface area contributed by atoms with Crippen LogP contribution in [0.4, 0.5) is 4.39 Å². The van der Waals surface area contributed by atoms with Crippen LogP contribution in [0.25, 0.3) is 16.6 Å². The molecule has 6 nitrogen and oxygen atoms in total. The van der Waals surface area contributed by atoms with Crippen molar-refractivity contribution in [3.8, 4) is 0 Å². The maximum Gasteiger partial charge on any atom is 0.270 e. The maximum atomic E-state index is 14.5. The van der Waals surface area contributed by atoms with E-state index in [9.17, 15) is 9.18 Å². The normalized spacial score (nSPS) is 10.9. The smallest absolute Gasteiger partial charge is 0.270 e. The molecule has 1 amide bonds. The number of pyridine rings is 2. The van der Waals surface area contributed by atoms with Gasteiger partial charge in [-0.25, -0.2) is 4.39 Å². The summed E-state index contributed by atoms with van der Waals surface area (Å²) in [5.74, 6) is -0.521. The van der Waals surface area contributed by atoms with Gasteiger partial charge in [0.15, 0.2) is 0 Å². The zero-order valence-corrected chi connectivity index (χ0v) is 21.2. The Hall–Kier alpha value is -4.49. The molecule has 0 radical (unpaired) electrons. The summed E-state index contributed by atoms with van der Waals surface area (Å²) in [6.07, 6.45) is 5.62. The predicted octanol–water partition coefficient (Wildman–Crippen LogP) is 6.03. The summed E-state index contributed by atoms with van der Waals surface area (Å²) in [6.45, 7) is 4.81. The van der Waals surface area contributed by atoms with Crippen LogP contribution in [0, 0.1) is 5.82 Å². The Bertz CT molecular complexity index is 1600. The highest BCUT2D eigenvalue weighted by atomic mass is 35.5. The minimum atomic E-state index is -0.313. The van der Waals surface area contributed by atoms with Crippen LogP contribution < -0.4 is 10.6 Å². The molecule has 0 bridgehead atoms. The number of H-pyrrole nitrogens is 1. The van der Waals surface area contributed by atoms with Gasteiger partial charge in [0.2, 0.25) is 0 Å². The average molecular weight is 526 g/mol. The molecule has 0 saturated carbocycles. The number of carbonyl (C=O) groups excluding carboxylic acids is 1. The Morgan fingerprint density at radius 2 is 1.76 bits per heavy atom. The van der Waals surface area contributed by atoms with Crippen molar-refractivity contribution < 1.29 is 9.18 Å². The highest BCUT2D eigenvalue weighted by Crippen LogP contribution is 2.26. The molecule has 8 heteroatoms. The molecule has 190 valence electrons. The molecule has 3 heterocycles. The van der Waals surface area contributed by atoms with Crippen molar-refractivity contribution in [2.45, 2.75) is 19.5 Å². The number of rotatable bonds is 9. The van der Waals surface area contributed by atoms with E-state index < -0.39 is 0 Å². The standard InChI is InChI=1S/C30H25ClFN5O/c1-19(35-17-23-14-25-26(31)18-36-29(25)15-27(23)32)22-9-11-33-24(13-22)12-20-5-7-21(8-6-20)16-37-30(38)28-4-2-3-10-34-28/h2-11,13-15,18,35-36H,1,12,16-17H2,(H,37,38). The van der Waals surface area contributed by atoms with Gasteiger partial charge in [-0.1, -0.05) is 48.5 Å². The number of aromatic nitrogens is 3. The number of halogens is 2. The van der Waals surface area contributed by atoms with E-state index in [-0.39, 0.29) is 18.3 Å². The monoisotopic (exact) mass is 525 g/mol. The molecule has 3 aromatic heterocycles. The first-order chi connectivity index (χ1) is 18.5. The largest absolute Gasteiger partial charge is 0.381 e. The van der Waals surface area contributed by atoms with Crippen LogP contribution in [0.3, 0.4) is 0 Å². The van der Waals surface area contributed by atoms with E-state index in [1.165, 1.54) is 6.07 Å². The van der Waals surface area contributed by atoms with E-state index in [4.69, 9.17) is 11.6 Å². The summed E-state index contributed by atoms with van der Waals surface area (Å²) in [5.41, 5.74) is 6.07. The molecule has 0 spiro atoms. The Kier molecular flexibility index (Phi) is 7.47. The first-order valence-corrected chi connectivity index (χ1v) is 12.4. The third-order valence-electron chi connectivity index (χ3n) is 6.21. The molecule has 0 atom stereocenters. The topological polar surface area (TPSA) is 82.7 Å². The van der Waals surface area contributed by atoms with Crippen LogP contribution in [-0.4, -0.2) is 20.9 Å². The van der Waals surface area contributed by atoms with Crippen molar-refractivity contribution in [3.63, 3.8) is 0 Å². The second-order valence-corrected chi connectivity index (χ2v) is 9.29. The number of amides is 1. The number of fused-ring (bicyclic) bond motifs is 1. The summed E-state index contributed by atoms with van der Waals surface area (Å²) in [6, 6.07) is 20.3. The molecule has 5 aromatic rings. The number of aromatic amines is 1. The number of hydrogen-bond acceptors (Lipinski definition) is 4. The molecule has 0 aliphatic rings. The molecule has 38 heavy (non-hydrogen) atoms. The van der Waals surface area contributed by atoms with Crippen LogP contribution in [0.1, 0.15) is 38.4 Å². The van der Waals surface area contributed by atoms with Crippen LogP contribution >= 0.6 is 11.6 Å². The molecule has 5 rings (SSSR count). The number of hydrogen-bond donors (Lipinski definition) is 3. The van der Waals surface area contributed by atoms with Crippen LogP contribution in [0.15, 0.2) is 91.9 Å². The van der Waals surface area contributed by atoms with Gasteiger partial charge in [-0.05, 0) is 47.5 Å². The van der Waals surface area contributed by atoms with Crippen molar-refractivity contribution in [2.75, 3.05) is 0 Å². The van der Waals surface area contributed by atoms with E-state index in [1.807, 2.05) is 36.4 Å². The fourth-order valence-corrected chi connectivity index (χ4v) is 4.32. The Balaban J connectivity index is 1.18. The lowest BCUT2D eigenvalue weighted by molar-refractivity contribution is 0.0946. The zero-order chi connectivity index (χ0) is 26.5. The Morgan fingerprint density at radius 3 is 2.55 bits per heavy atom. The lowest BCUT2D eigenvalue weighted by atomic mass is 10.0. The number of carbonyl (C=O) groups is 1. The zero-order valence-electron chi connectivity index (χ0n) is 20.5. The molecule has 3 N–H and O–H groups in total. The molecule has 0 unspecified atom stereocenters. The third kappa shape index (κ3) is 5.90. The van der Waals surface area contributed by atoms with Gasteiger partial charge in [0.1, 0.15) is 11.5 Å². The van der Waals surface area contributed by atoms with E-state index in [0.717, 1.165) is 27.8 Å². The van der Waals surface area contributed by atoms with Gasteiger partial charge < -0.3 is 15.6 Å². The number of nitrogens with one attached hydrogen (secondary N) is 3. The highest BCUT2D eigenvalue weighted by Gasteiger charge is 2.10. The summed E-state index contributed by atoms with van der Waals surface area (Å²) in [5, 5.41) is 7.43.